The van der Waals surface area contributed by atoms with Gasteiger partial charge in [-0.3, -0.25) is 4.90 Å². The molecule has 4 aromatic rings. The summed E-state index contributed by atoms with van der Waals surface area (Å²) in [6.45, 7) is 8.70. The molecule has 0 spiro atoms. The molecule has 1 unspecified atom stereocenters. The Balaban J connectivity index is 1.37. The number of likely N-dealkylation sites (N-methyl/N-ethyl adjacent to an activating group) is 1. The van der Waals surface area contributed by atoms with Crippen molar-refractivity contribution in [2.45, 2.75) is 52.3 Å². The molecule has 1 atom stereocenters. The topological polar surface area (TPSA) is 132 Å². The van der Waals surface area contributed by atoms with Crippen LogP contribution in [0.3, 0.4) is 0 Å². The molecule has 0 radical (unpaired) electrons. The van der Waals surface area contributed by atoms with Crippen molar-refractivity contribution in [3.8, 4) is 11.8 Å². The summed E-state index contributed by atoms with van der Waals surface area (Å²) in [5.41, 5.74) is 1.72. The normalized spacial score (nSPS) is 17.8. The summed E-state index contributed by atoms with van der Waals surface area (Å²) in [5, 5.41) is 23.0. The van der Waals surface area contributed by atoms with E-state index >= 15 is 0 Å². The lowest BCUT2D eigenvalue weighted by Gasteiger charge is -2.49. The highest BCUT2D eigenvalue weighted by molar-refractivity contribution is 5.96. The maximum atomic E-state index is 13.1. The molecule has 1 saturated heterocycles. The van der Waals surface area contributed by atoms with Crippen molar-refractivity contribution in [3.05, 3.63) is 83.6 Å². The Hall–Kier alpha value is -5.10. The van der Waals surface area contributed by atoms with Crippen LogP contribution in [0, 0.1) is 5.41 Å². The number of ether oxygens (including phenoxy) is 2. The molecule has 270 valence electrons. The number of amides is 1. The predicted molar refractivity (Wildman–Crippen MR) is 197 cm³/mol. The predicted octanol–water partition coefficient (Wildman–Crippen LogP) is 5.77. The number of hydrogen-bond acceptors (Lipinski definition) is 9. The molecule has 0 aliphatic carbocycles. The molecule has 1 fully saturated rings. The molecule has 2 aliphatic heterocycles. The second-order valence-electron chi connectivity index (χ2n) is 14.9. The highest BCUT2D eigenvalue weighted by Crippen LogP contribution is 2.40. The zero-order valence-corrected chi connectivity index (χ0v) is 30.1. The molecule has 3 heterocycles. The van der Waals surface area contributed by atoms with E-state index in [0.29, 0.717) is 51.6 Å². The van der Waals surface area contributed by atoms with Gasteiger partial charge in [0.25, 0.3) is 0 Å². The first-order valence-corrected chi connectivity index (χ1v) is 17.4. The van der Waals surface area contributed by atoms with Crippen molar-refractivity contribution in [1.82, 2.24) is 19.8 Å². The standard InChI is InChI=1S/C39H48N6O6/c1-38(2,3)25-39(35(46)47)26-44(17-18-45(39)37(48)49)34-31-15-16-43(23-32(31)40-36(41-34)50-20-19-42(4)5)33-22-29(21-28-13-9-10-14-30(28)33)51-24-27-11-7-6-8-12-27/h6-14,21-22H,15-20,23-26H2,1-5H3,(H,46,47)(H,48,49). The summed E-state index contributed by atoms with van der Waals surface area (Å²) >= 11 is 0. The summed E-state index contributed by atoms with van der Waals surface area (Å²) in [6.07, 6.45) is -0.498. The van der Waals surface area contributed by atoms with Gasteiger partial charge in [-0.1, -0.05) is 75.4 Å². The molecule has 1 aromatic heterocycles. The van der Waals surface area contributed by atoms with Crippen molar-refractivity contribution in [2.75, 3.05) is 63.2 Å². The number of aliphatic carboxylic acids is 1. The first-order valence-electron chi connectivity index (χ1n) is 17.4. The molecular weight excluding hydrogens is 648 g/mol. The van der Waals surface area contributed by atoms with Crippen LogP contribution in [0.15, 0.2) is 66.7 Å². The number of nitrogens with zero attached hydrogens (tertiary/aromatic N) is 6. The fourth-order valence-electron chi connectivity index (χ4n) is 7.25. The van der Waals surface area contributed by atoms with Crippen LogP contribution in [0.2, 0.25) is 0 Å². The molecule has 2 N–H and O–H groups in total. The second-order valence-corrected chi connectivity index (χ2v) is 14.9. The van der Waals surface area contributed by atoms with Gasteiger partial charge in [-0.05, 0) is 49.4 Å². The number of carboxylic acids is 1. The number of anilines is 2. The van der Waals surface area contributed by atoms with E-state index in [-0.39, 0.29) is 25.5 Å². The zero-order valence-electron chi connectivity index (χ0n) is 30.1. The number of carbonyl (C=O) groups is 2. The van der Waals surface area contributed by atoms with Crippen molar-refractivity contribution in [2.24, 2.45) is 5.41 Å². The summed E-state index contributed by atoms with van der Waals surface area (Å²) in [6, 6.07) is 22.7. The van der Waals surface area contributed by atoms with Crippen LogP contribution in [-0.4, -0.2) is 101 Å². The fourth-order valence-corrected chi connectivity index (χ4v) is 7.25. The highest BCUT2D eigenvalue weighted by atomic mass is 16.5. The molecule has 12 nitrogen and oxygen atoms in total. The van der Waals surface area contributed by atoms with Gasteiger partial charge >= 0.3 is 18.1 Å². The van der Waals surface area contributed by atoms with Crippen molar-refractivity contribution in [1.29, 1.82) is 0 Å². The molecule has 2 aliphatic rings. The van der Waals surface area contributed by atoms with E-state index < -0.39 is 23.0 Å². The van der Waals surface area contributed by atoms with Crippen LogP contribution in [-0.2, 0) is 24.4 Å². The van der Waals surface area contributed by atoms with Crippen LogP contribution in [0.4, 0.5) is 16.3 Å². The van der Waals surface area contributed by atoms with Crippen LogP contribution in [0.5, 0.6) is 11.8 Å². The third-order valence-corrected chi connectivity index (χ3v) is 9.51. The number of fused-ring (bicyclic) bond motifs is 2. The van der Waals surface area contributed by atoms with E-state index in [0.717, 1.165) is 43.9 Å². The summed E-state index contributed by atoms with van der Waals surface area (Å²) in [4.78, 5) is 42.6. The average Bonchev–Trinajstić information content (AvgIpc) is 3.09. The maximum absolute atomic E-state index is 13.1. The highest BCUT2D eigenvalue weighted by Gasteiger charge is 2.53. The Labute approximate surface area is 299 Å². The Morgan fingerprint density at radius 1 is 0.922 bits per heavy atom. The third kappa shape index (κ3) is 7.96. The Bertz CT molecular complexity index is 1880. The van der Waals surface area contributed by atoms with E-state index in [9.17, 15) is 19.8 Å². The van der Waals surface area contributed by atoms with Gasteiger partial charge in [-0.15, -0.1) is 0 Å². The molecule has 51 heavy (non-hydrogen) atoms. The van der Waals surface area contributed by atoms with E-state index in [1.807, 2.05) is 87.1 Å². The Morgan fingerprint density at radius 3 is 2.37 bits per heavy atom. The largest absolute Gasteiger partial charge is 0.489 e. The van der Waals surface area contributed by atoms with Gasteiger partial charge in [-0.2, -0.15) is 9.97 Å². The van der Waals surface area contributed by atoms with Gasteiger partial charge in [-0.25, -0.2) is 9.59 Å². The van der Waals surface area contributed by atoms with Gasteiger partial charge in [0.2, 0.25) is 0 Å². The van der Waals surface area contributed by atoms with Crippen LogP contribution >= 0.6 is 0 Å². The molecule has 6 rings (SSSR count). The molecular formula is C39H48N6O6. The quantitative estimate of drug-likeness (QED) is 0.198. The first-order chi connectivity index (χ1) is 24.3. The van der Waals surface area contributed by atoms with Crippen LogP contribution in [0.1, 0.15) is 44.0 Å². The zero-order chi connectivity index (χ0) is 36.3. The fraction of sp³-hybridized carbons (Fsp3) is 0.436. The van der Waals surface area contributed by atoms with Gasteiger partial charge in [0.15, 0.2) is 5.54 Å². The van der Waals surface area contributed by atoms with Gasteiger partial charge in [0.1, 0.15) is 24.8 Å². The number of rotatable bonds is 11. The summed E-state index contributed by atoms with van der Waals surface area (Å²) in [5.74, 6) is 0.214. The van der Waals surface area contributed by atoms with Crippen molar-refractivity contribution in [3.63, 3.8) is 0 Å². The third-order valence-electron chi connectivity index (χ3n) is 9.51. The molecule has 3 aromatic carbocycles. The number of carboxylic acid groups (broad SMARTS) is 2. The van der Waals surface area contributed by atoms with E-state index in [1.54, 1.807) is 0 Å². The molecule has 0 bridgehead atoms. The van der Waals surface area contributed by atoms with Gasteiger partial charge in [0, 0.05) is 48.9 Å². The van der Waals surface area contributed by atoms with Crippen molar-refractivity contribution < 1.29 is 29.3 Å². The lowest BCUT2D eigenvalue weighted by atomic mass is 9.77. The van der Waals surface area contributed by atoms with E-state index in [1.165, 1.54) is 0 Å². The maximum Gasteiger partial charge on any atom is 0.408 e. The SMILES string of the molecule is CN(C)CCOc1nc2c(c(N3CCN(C(=O)O)C(CC(C)(C)C)(C(=O)O)C3)n1)CCN(c1cc(OCc3ccccc3)cc3ccccc13)C2. The van der Waals surface area contributed by atoms with E-state index in [2.05, 4.69) is 29.2 Å². The Kier molecular flexibility index (Phi) is 10.2. The average molecular weight is 697 g/mol. The monoisotopic (exact) mass is 696 g/mol. The number of benzene rings is 3. The molecule has 1 amide bonds. The number of aromatic nitrogens is 2. The molecule has 12 heteroatoms. The first kappa shape index (κ1) is 35.7. The van der Waals surface area contributed by atoms with Gasteiger partial charge in [0.05, 0.1) is 18.8 Å². The number of piperazine rings is 1. The minimum atomic E-state index is -1.66. The second kappa shape index (κ2) is 14.6. The lowest BCUT2D eigenvalue weighted by molar-refractivity contribution is -0.153. The van der Waals surface area contributed by atoms with Gasteiger partial charge < -0.3 is 34.4 Å². The Morgan fingerprint density at radius 2 is 1.67 bits per heavy atom. The van der Waals surface area contributed by atoms with E-state index in [4.69, 9.17) is 19.4 Å². The van der Waals surface area contributed by atoms with Crippen LogP contribution in [0.25, 0.3) is 10.8 Å². The lowest BCUT2D eigenvalue weighted by Crippen LogP contribution is -2.68. The minimum Gasteiger partial charge on any atom is -0.489 e. The van der Waals surface area contributed by atoms with Crippen molar-refractivity contribution >= 4 is 34.3 Å². The van der Waals surface area contributed by atoms with Crippen LogP contribution < -0.4 is 19.3 Å². The minimum absolute atomic E-state index is 0.0290. The molecule has 0 saturated carbocycles. The number of hydrogen-bond donors (Lipinski definition) is 2. The summed E-state index contributed by atoms with van der Waals surface area (Å²) < 4.78 is 12.4. The smallest absolute Gasteiger partial charge is 0.408 e. The summed E-state index contributed by atoms with van der Waals surface area (Å²) in [7, 11) is 3.93.